The monoisotopic (exact) mass is 327 g/mol. The van der Waals surface area contributed by atoms with Gasteiger partial charge in [-0.25, -0.2) is 4.39 Å². The van der Waals surface area contributed by atoms with E-state index in [2.05, 4.69) is 5.16 Å². The molecule has 1 atom stereocenters. The number of rotatable bonds is 5. The molecule has 1 N–H and O–H groups in total. The molecule has 1 aromatic heterocycles. The maximum absolute atomic E-state index is 14.3. The van der Waals surface area contributed by atoms with Crippen LogP contribution in [0.15, 0.2) is 53.1 Å². The quantitative estimate of drug-likeness (QED) is 0.769. The predicted molar refractivity (Wildman–Crippen MR) is 87.9 cm³/mol. The van der Waals surface area contributed by atoms with Crippen LogP contribution >= 0.6 is 0 Å². The zero-order chi connectivity index (χ0) is 17.1. The number of benzene rings is 2. The number of halogens is 1. The molecule has 3 aromatic rings. The highest BCUT2D eigenvalue weighted by Gasteiger charge is 2.20. The lowest BCUT2D eigenvalue weighted by Crippen LogP contribution is -2.03. The lowest BCUT2D eigenvalue weighted by Gasteiger charge is -2.14. The van der Waals surface area contributed by atoms with Crippen molar-refractivity contribution < 1.29 is 18.8 Å². The summed E-state index contributed by atoms with van der Waals surface area (Å²) in [4.78, 5) is 0. The molecule has 1 unspecified atom stereocenters. The Morgan fingerprint density at radius 3 is 2.67 bits per heavy atom. The zero-order valence-electron chi connectivity index (χ0n) is 13.5. The number of hydrogen-bond donors (Lipinski definition) is 1. The average Bonchev–Trinajstić information content (AvgIpc) is 2.96. The van der Waals surface area contributed by atoms with Crippen LogP contribution in [0.3, 0.4) is 0 Å². The van der Waals surface area contributed by atoms with E-state index in [0.717, 1.165) is 11.1 Å². The van der Waals surface area contributed by atoms with E-state index in [4.69, 9.17) is 9.26 Å². The summed E-state index contributed by atoms with van der Waals surface area (Å²) < 4.78 is 24.6. The Balaban J connectivity index is 2.06. The second kappa shape index (κ2) is 6.95. The number of aromatic nitrogens is 1. The number of aliphatic hydroxyl groups is 1. The Morgan fingerprint density at radius 1 is 1.21 bits per heavy atom. The second-order valence-corrected chi connectivity index (χ2v) is 5.54. The molecule has 0 aliphatic carbocycles. The summed E-state index contributed by atoms with van der Waals surface area (Å²) in [5.41, 5.74) is 2.97. The highest BCUT2D eigenvalue weighted by Crippen LogP contribution is 2.32. The van der Waals surface area contributed by atoms with Crippen LogP contribution in [-0.4, -0.2) is 17.4 Å². The minimum absolute atomic E-state index is 0.211. The van der Waals surface area contributed by atoms with Gasteiger partial charge in [-0.2, -0.15) is 0 Å². The Kier molecular flexibility index (Phi) is 4.74. The highest BCUT2D eigenvalue weighted by molar-refractivity contribution is 5.68. The largest absolute Gasteiger partial charge is 0.384 e. The maximum atomic E-state index is 14.3. The molecule has 0 saturated carbocycles. The van der Waals surface area contributed by atoms with Gasteiger partial charge in [-0.1, -0.05) is 41.6 Å². The van der Waals surface area contributed by atoms with Crippen LogP contribution in [-0.2, 0) is 11.3 Å². The maximum Gasteiger partial charge on any atom is 0.141 e. The van der Waals surface area contributed by atoms with Gasteiger partial charge in [-0.05, 0) is 30.2 Å². The van der Waals surface area contributed by atoms with E-state index in [1.165, 1.54) is 6.07 Å². The molecular weight excluding hydrogens is 309 g/mol. The molecule has 5 heteroatoms. The first kappa shape index (κ1) is 16.4. The molecule has 0 bridgehead atoms. The van der Waals surface area contributed by atoms with Crippen LogP contribution in [0.1, 0.15) is 28.7 Å². The first-order valence-corrected chi connectivity index (χ1v) is 7.58. The van der Waals surface area contributed by atoms with E-state index in [0.29, 0.717) is 23.6 Å². The van der Waals surface area contributed by atoms with Crippen molar-refractivity contribution in [2.75, 3.05) is 7.11 Å². The number of methoxy groups -OCH3 is 1. The molecule has 0 saturated heterocycles. The topological polar surface area (TPSA) is 55.5 Å². The molecule has 1 heterocycles. The zero-order valence-corrected chi connectivity index (χ0v) is 13.5. The van der Waals surface area contributed by atoms with Gasteiger partial charge >= 0.3 is 0 Å². The molecule has 0 radical (unpaired) electrons. The van der Waals surface area contributed by atoms with Gasteiger partial charge in [0.2, 0.25) is 0 Å². The van der Waals surface area contributed by atoms with Crippen molar-refractivity contribution in [2.24, 2.45) is 0 Å². The van der Waals surface area contributed by atoms with Gasteiger partial charge in [0, 0.05) is 18.2 Å². The molecule has 24 heavy (non-hydrogen) atoms. The van der Waals surface area contributed by atoms with Crippen molar-refractivity contribution in [1.82, 2.24) is 5.16 Å². The van der Waals surface area contributed by atoms with Crippen molar-refractivity contribution in [2.45, 2.75) is 19.6 Å². The Morgan fingerprint density at radius 2 is 1.96 bits per heavy atom. The van der Waals surface area contributed by atoms with Gasteiger partial charge in [0.15, 0.2) is 0 Å². The smallest absolute Gasteiger partial charge is 0.141 e. The summed E-state index contributed by atoms with van der Waals surface area (Å²) in [5.74, 6) is 0.159. The summed E-state index contributed by atoms with van der Waals surface area (Å²) >= 11 is 0. The van der Waals surface area contributed by atoms with Crippen LogP contribution in [0.5, 0.6) is 0 Å². The molecule has 4 nitrogen and oxygen atoms in total. The minimum Gasteiger partial charge on any atom is -0.384 e. The number of aryl methyl sites for hydroxylation is 1. The van der Waals surface area contributed by atoms with Crippen LogP contribution in [0.25, 0.3) is 11.1 Å². The molecule has 0 aliphatic heterocycles. The van der Waals surface area contributed by atoms with Gasteiger partial charge in [0.1, 0.15) is 23.4 Å². The highest BCUT2D eigenvalue weighted by atomic mass is 19.1. The number of hydrogen-bond acceptors (Lipinski definition) is 4. The third-order valence-corrected chi connectivity index (χ3v) is 3.91. The fourth-order valence-electron chi connectivity index (χ4n) is 2.75. The van der Waals surface area contributed by atoms with Gasteiger partial charge in [-0.15, -0.1) is 0 Å². The Hall–Kier alpha value is -2.50. The number of nitrogens with zero attached hydrogens (tertiary/aromatic N) is 1. The minimum atomic E-state index is -1.04. The molecule has 3 rings (SSSR count). The van der Waals surface area contributed by atoms with Crippen molar-refractivity contribution in [3.05, 3.63) is 76.9 Å². The van der Waals surface area contributed by atoms with Crippen LogP contribution in [0, 0.1) is 12.7 Å². The summed E-state index contributed by atoms with van der Waals surface area (Å²) in [6, 6.07) is 13.6. The van der Waals surface area contributed by atoms with Crippen LogP contribution < -0.4 is 0 Å². The van der Waals surface area contributed by atoms with Crippen LogP contribution in [0.2, 0.25) is 0 Å². The van der Waals surface area contributed by atoms with Gasteiger partial charge < -0.3 is 14.4 Å². The molecule has 0 spiro atoms. The fourth-order valence-corrected chi connectivity index (χ4v) is 2.75. The summed E-state index contributed by atoms with van der Waals surface area (Å²) in [6.07, 6.45) is -1.04. The normalized spacial score (nSPS) is 12.3. The van der Waals surface area contributed by atoms with E-state index in [1.54, 1.807) is 50.4 Å². The van der Waals surface area contributed by atoms with Crippen LogP contribution in [0.4, 0.5) is 4.39 Å². The third kappa shape index (κ3) is 3.09. The molecule has 124 valence electrons. The van der Waals surface area contributed by atoms with Crippen molar-refractivity contribution in [3.63, 3.8) is 0 Å². The standard InChI is InChI=1S/C19H18FNO3/c1-12-18(17(11-23-2)21-24-12)14-8-9-16(20)15(10-14)19(22)13-6-4-3-5-7-13/h3-10,19,22H,11H2,1-2H3. The van der Waals surface area contributed by atoms with E-state index in [-0.39, 0.29) is 5.56 Å². The van der Waals surface area contributed by atoms with Gasteiger partial charge in [0.05, 0.1) is 6.61 Å². The SMILES string of the molecule is COCc1noc(C)c1-c1ccc(F)c(C(O)c2ccccc2)c1. The first-order valence-electron chi connectivity index (χ1n) is 7.58. The molecule has 2 aromatic carbocycles. The predicted octanol–water partition coefficient (Wildman–Crippen LogP) is 4.02. The fraction of sp³-hybridized carbons (Fsp3) is 0.211. The Bertz CT molecular complexity index is 830. The van der Waals surface area contributed by atoms with Gasteiger partial charge in [0.25, 0.3) is 0 Å². The summed E-state index contributed by atoms with van der Waals surface area (Å²) in [6.45, 7) is 2.08. The van der Waals surface area contributed by atoms with E-state index < -0.39 is 11.9 Å². The van der Waals surface area contributed by atoms with E-state index in [1.807, 2.05) is 6.07 Å². The van der Waals surface area contributed by atoms with Crippen molar-refractivity contribution in [3.8, 4) is 11.1 Å². The van der Waals surface area contributed by atoms with E-state index >= 15 is 0 Å². The molecular formula is C19H18FNO3. The van der Waals surface area contributed by atoms with Crippen molar-refractivity contribution in [1.29, 1.82) is 0 Å². The first-order chi connectivity index (χ1) is 11.6. The lowest BCUT2D eigenvalue weighted by molar-refractivity contribution is 0.177. The molecule has 0 fully saturated rings. The third-order valence-electron chi connectivity index (χ3n) is 3.91. The van der Waals surface area contributed by atoms with Gasteiger partial charge in [-0.3, -0.25) is 0 Å². The second-order valence-electron chi connectivity index (χ2n) is 5.54. The molecule has 0 amide bonds. The number of aliphatic hydroxyl groups excluding tert-OH is 1. The number of ether oxygens (including phenoxy) is 1. The summed E-state index contributed by atoms with van der Waals surface area (Å²) in [5, 5.41) is 14.5. The lowest BCUT2D eigenvalue weighted by atomic mass is 9.96. The van der Waals surface area contributed by atoms with Crippen molar-refractivity contribution >= 4 is 0 Å². The average molecular weight is 327 g/mol. The molecule has 0 aliphatic rings. The van der Waals surface area contributed by atoms with E-state index in [9.17, 15) is 9.50 Å². The Labute approximate surface area is 139 Å². The summed E-state index contributed by atoms with van der Waals surface area (Å²) in [7, 11) is 1.57.